The number of nitrogens with two attached hydrogens (primary N) is 1. The number of hydrogen-bond acceptors (Lipinski definition) is 3. The van der Waals surface area contributed by atoms with E-state index >= 15 is 0 Å². The fourth-order valence-electron chi connectivity index (χ4n) is 1.90. The molecule has 106 valence electrons. The van der Waals surface area contributed by atoms with Crippen LogP contribution in [0.1, 0.15) is 23.9 Å². The van der Waals surface area contributed by atoms with Crippen molar-refractivity contribution in [2.24, 2.45) is 5.73 Å². The lowest BCUT2D eigenvalue weighted by atomic mass is 10.2. The van der Waals surface area contributed by atoms with Gasteiger partial charge in [0.15, 0.2) is 0 Å². The monoisotopic (exact) mass is 309 g/mol. The van der Waals surface area contributed by atoms with Crippen LogP contribution in [0.4, 0.5) is 0 Å². The van der Waals surface area contributed by atoms with Crippen molar-refractivity contribution in [2.75, 3.05) is 0 Å². The number of aryl methyl sites for hydroxylation is 2. The molecule has 20 heavy (non-hydrogen) atoms. The smallest absolute Gasteiger partial charge is 0.131 e. The van der Waals surface area contributed by atoms with Gasteiger partial charge in [0, 0.05) is 12.1 Å². The standard InChI is InChI=1S/C14H16ClN3OS/c1-3-18-12(13(15)9(2)17-18)8-19-11-6-4-5-10(7-11)14(16)20/h4-7H,3,8H2,1-2H3,(H2,16,20). The summed E-state index contributed by atoms with van der Waals surface area (Å²) in [6.45, 7) is 5.00. The fourth-order valence-corrected chi connectivity index (χ4v) is 2.21. The second-order valence-electron chi connectivity index (χ2n) is 4.34. The number of nitrogens with zero attached hydrogens (tertiary/aromatic N) is 2. The Kier molecular flexibility index (Phi) is 4.62. The van der Waals surface area contributed by atoms with Gasteiger partial charge >= 0.3 is 0 Å². The molecule has 0 amide bonds. The van der Waals surface area contributed by atoms with Crippen molar-refractivity contribution in [3.05, 3.63) is 46.2 Å². The molecule has 0 aliphatic rings. The van der Waals surface area contributed by atoms with Crippen molar-refractivity contribution in [2.45, 2.75) is 27.0 Å². The third-order valence-corrected chi connectivity index (χ3v) is 3.67. The maximum absolute atomic E-state index is 6.24. The molecular formula is C14H16ClN3OS. The Morgan fingerprint density at radius 2 is 2.25 bits per heavy atom. The minimum Gasteiger partial charge on any atom is -0.487 e. The summed E-state index contributed by atoms with van der Waals surface area (Å²) in [5.74, 6) is 0.702. The molecule has 0 radical (unpaired) electrons. The molecule has 6 heteroatoms. The third kappa shape index (κ3) is 3.11. The molecule has 0 saturated heterocycles. The van der Waals surface area contributed by atoms with Crippen LogP contribution < -0.4 is 10.5 Å². The first-order valence-corrected chi connectivity index (χ1v) is 7.06. The summed E-state index contributed by atoms with van der Waals surface area (Å²) in [5, 5.41) is 5.00. The quantitative estimate of drug-likeness (QED) is 0.862. The Balaban J connectivity index is 2.16. The Bertz CT molecular complexity index is 639. The van der Waals surface area contributed by atoms with Crippen LogP contribution in [0.5, 0.6) is 5.75 Å². The first-order chi connectivity index (χ1) is 9.52. The largest absolute Gasteiger partial charge is 0.487 e. The van der Waals surface area contributed by atoms with E-state index in [1.807, 2.05) is 42.8 Å². The van der Waals surface area contributed by atoms with Crippen molar-refractivity contribution >= 4 is 28.8 Å². The molecule has 0 aliphatic heterocycles. The molecule has 1 aromatic heterocycles. The van der Waals surface area contributed by atoms with Crippen LogP contribution in [-0.4, -0.2) is 14.8 Å². The van der Waals surface area contributed by atoms with E-state index in [1.165, 1.54) is 0 Å². The molecular weight excluding hydrogens is 294 g/mol. The van der Waals surface area contributed by atoms with E-state index in [0.29, 0.717) is 22.4 Å². The van der Waals surface area contributed by atoms with Gasteiger partial charge in [-0.15, -0.1) is 0 Å². The van der Waals surface area contributed by atoms with Crippen LogP contribution in [0.25, 0.3) is 0 Å². The number of ether oxygens (including phenoxy) is 1. The topological polar surface area (TPSA) is 53.1 Å². The highest BCUT2D eigenvalue weighted by Gasteiger charge is 2.13. The number of benzene rings is 1. The Hall–Kier alpha value is -1.59. The van der Waals surface area contributed by atoms with Crippen molar-refractivity contribution in [3.63, 3.8) is 0 Å². The SMILES string of the molecule is CCn1nc(C)c(Cl)c1COc1cccc(C(N)=S)c1. The molecule has 4 nitrogen and oxygen atoms in total. The normalized spacial score (nSPS) is 10.6. The molecule has 0 atom stereocenters. The van der Waals surface area contributed by atoms with Crippen LogP contribution in [-0.2, 0) is 13.2 Å². The fraction of sp³-hybridized carbons (Fsp3) is 0.286. The number of hydrogen-bond donors (Lipinski definition) is 1. The molecule has 0 spiro atoms. The summed E-state index contributed by atoms with van der Waals surface area (Å²) in [4.78, 5) is 0.350. The minimum absolute atomic E-state index is 0.350. The molecule has 1 heterocycles. The lowest BCUT2D eigenvalue weighted by Crippen LogP contribution is -2.10. The Labute approximate surface area is 128 Å². The van der Waals surface area contributed by atoms with E-state index in [4.69, 9.17) is 34.3 Å². The highest BCUT2D eigenvalue weighted by molar-refractivity contribution is 7.80. The zero-order valence-electron chi connectivity index (χ0n) is 11.4. The van der Waals surface area contributed by atoms with Crippen LogP contribution >= 0.6 is 23.8 Å². The van der Waals surface area contributed by atoms with Gasteiger partial charge in [-0.1, -0.05) is 36.0 Å². The lowest BCUT2D eigenvalue weighted by molar-refractivity contribution is 0.292. The van der Waals surface area contributed by atoms with Gasteiger partial charge in [0.05, 0.1) is 16.4 Å². The molecule has 0 saturated carbocycles. The Morgan fingerprint density at radius 1 is 1.50 bits per heavy atom. The first-order valence-electron chi connectivity index (χ1n) is 6.27. The summed E-state index contributed by atoms with van der Waals surface area (Å²) in [6, 6.07) is 7.38. The maximum atomic E-state index is 6.24. The molecule has 0 bridgehead atoms. The van der Waals surface area contributed by atoms with Gasteiger partial charge in [-0.3, -0.25) is 4.68 Å². The van der Waals surface area contributed by atoms with E-state index in [0.717, 1.165) is 23.5 Å². The van der Waals surface area contributed by atoms with E-state index in [9.17, 15) is 0 Å². The van der Waals surface area contributed by atoms with Crippen LogP contribution in [0.3, 0.4) is 0 Å². The lowest BCUT2D eigenvalue weighted by Gasteiger charge is -2.09. The molecule has 2 aromatic rings. The molecule has 1 aromatic carbocycles. The molecule has 2 N–H and O–H groups in total. The molecule has 0 aliphatic carbocycles. The van der Waals surface area contributed by atoms with Gasteiger partial charge in [0.25, 0.3) is 0 Å². The summed E-state index contributed by atoms with van der Waals surface area (Å²) in [6.07, 6.45) is 0. The number of halogens is 1. The average molecular weight is 310 g/mol. The molecule has 0 fully saturated rings. The third-order valence-electron chi connectivity index (χ3n) is 2.95. The zero-order valence-corrected chi connectivity index (χ0v) is 13.0. The summed E-state index contributed by atoms with van der Waals surface area (Å²) in [7, 11) is 0. The maximum Gasteiger partial charge on any atom is 0.131 e. The van der Waals surface area contributed by atoms with E-state index in [2.05, 4.69) is 5.10 Å². The second kappa shape index (κ2) is 6.24. The summed E-state index contributed by atoms with van der Waals surface area (Å²) < 4.78 is 7.60. The van der Waals surface area contributed by atoms with Crippen LogP contribution in [0.15, 0.2) is 24.3 Å². The predicted molar refractivity (Wildman–Crippen MR) is 84.3 cm³/mol. The van der Waals surface area contributed by atoms with E-state index in [1.54, 1.807) is 0 Å². The van der Waals surface area contributed by atoms with Crippen molar-refractivity contribution < 1.29 is 4.74 Å². The van der Waals surface area contributed by atoms with Crippen molar-refractivity contribution in [3.8, 4) is 5.75 Å². The van der Waals surface area contributed by atoms with Crippen LogP contribution in [0.2, 0.25) is 5.02 Å². The average Bonchev–Trinajstić information content (AvgIpc) is 2.72. The minimum atomic E-state index is 0.350. The number of rotatable bonds is 5. The van der Waals surface area contributed by atoms with Crippen molar-refractivity contribution in [1.29, 1.82) is 0 Å². The summed E-state index contributed by atoms with van der Waals surface area (Å²) in [5.41, 5.74) is 8.06. The van der Waals surface area contributed by atoms with Gasteiger partial charge in [0.2, 0.25) is 0 Å². The van der Waals surface area contributed by atoms with Crippen LogP contribution in [0, 0.1) is 6.92 Å². The van der Waals surface area contributed by atoms with E-state index in [-0.39, 0.29) is 0 Å². The summed E-state index contributed by atoms with van der Waals surface area (Å²) >= 11 is 11.2. The highest BCUT2D eigenvalue weighted by atomic mass is 35.5. The highest BCUT2D eigenvalue weighted by Crippen LogP contribution is 2.22. The van der Waals surface area contributed by atoms with E-state index < -0.39 is 0 Å². The zero-order chi connectivity index (χ0) is 14.7. The van der Waals surface area contributed by atoms with Crippen molar-refractivity contribution in [1.82, 2.24) is 9.78 Å². The van der Waals surface area contributed by atoms with Gasteiger partial charge in [-0.25, -0.2) is 0 Å². The van der Waals surface area contributed by atoms with Gasteiger partial charge in [0.1, 0.15) is 17.3 Å². The number of thiocarbonyl (C=S) groups is 1. The number of aromatic nitrogens is 2. The Morgan fingerprint density at radius 3 is 2.90 bits per heavy atom. The molecule has 2 rings (SSSR count). The predicted octanol–water partition coefficient (Wildman–Crippen LogP) is 3.08. The van der Waals surface area contributed by atoms with Gasteiger partial charge < -0.3 is 10.5 Å². The van der Waals surface area contributed by atoms with Gasteiger partial charge in [-0.2, -0.15) is 5.10 Å². The second-order valence-corrected chi connectivity index (χ2v) is 5.16. The van der Waals surface area contributed by atoms with Gasteiger partial charge in [-0.05, 0) is 26.0 Å². The first kappa shape index (κ1) is 14.8. The molecule has 0 unspecified atom stereocenters.